The van der Waals surface area contributed by atoms with Crippen molar-refractivity contribution in [1.82, 2.24) is 4.98 Å². The maximum atomic E-state index is 13.1. The van der Waals surface area contributed by atoms with Crippen molar-refractivity contribution >= 4 is 21.7 Å². The number of halogens is 2. The number of rotatable bonds is 3. The van der Waals surface area contributed by atoms with Crippen LogP contribution in [0.1, 0.15) is 5.56 Å². The minimum Gasteiger partial charge on any atom is -0.489 e. The molecule has 0 saturated heterocycles. The van der Waals surface area contributed by atoms with Crippen molar-refractivity contribution in [2.75, 3.05) is 5.73 Å². The second-order valence-electron chi connectivity index (χ2n) is 3.48. The number of aromatic nitrogens is 1. The molecule has 1 heterocycles. The smallest absolute Gasteiger partial charge is 0.128 e. The summed E-state index contributed by atoms with van der Waals surface area (Å²) in [5, 5.41) is 0. The van der Waals surface area contributed by atoms with E-state index < -0.39 is 0 Å². The molecule has 0 unspecified atom stereocenters. The Morgan fingerprint density at radius 3 is 2.82 bits per heavy atom. The quantitative estimate of drug-likeness (QED) is 0.946. The lowest BCUT2D eigenvalue weighted by Gasteiger charge is -2.07. The number of hydrogen-bond acceptors (Lipinski definition) is 3. The first-order valence-corrected chi connectivity index (χ1v) is 5.72. The molecule has 2 aromatic rings. The van der Waals surface area contributed by atoms with Crippen molar-refractivity contribution in [2.24, 2.45) is 0 Å². The van der Waals surface area contributed by atoms with Gasteiger partial charge in [0, 0.05) is 16.7 Å². The van der Waals surface area contributed by atoms with E-state index in [9.17, 15) is 4.39 Å². The lowest BCUT2D eigenvalue weighted by atomic mass is 10.3. The Morgan fingerprint density at radius 1 is 1.29 bits per heavy atom. The highest BCUT2D eigenvalue weighted by Crippen LogP contribution is 2.21. The molecule has 0 aliphatic carbocycles. The van der Waals surface area contributed by atoms with E-state index in [1.807, 2.05) is 0 Å². The number of pyridine rings is 1. The third-order valence-electron chi connectivity index (χ3n) is 2.09. The normalized spacial score (nSPS) is 10.2. The molecule has 0 radical (unpaired) electrons. The molecule has 0 aliphatic heterocycles. The minimum absolute atomic E-state index is 0.322. The number of ether oxygens (including phenoxy) is 1. The van der Waals surface area contributed by atoms with Crippen LogP contribution in [0.4, 0.5) is 10.2 Å². The largest absolute Gasteiger partial charge is 0.489 e. The molecule has 0 fully saturated rings. The zero-order valence-corrected chi connectivity index (χ0v) is 10.4. The van der Waals surface area contributed by atoms with Crippen molar-refractivity contribution in [3.05, 3.63) is 52.4 Å². The van der Waals surface area contributed by atoms with Crippen LogP contribution >= 0.6 is 15.9 Å². The van der Waals surface area contributed by atoms with Gasteiger partial charge in [0.15, 0.2) is 0 Å². The van der Waals surface area contributed by atoms with Gasteiger partial charge in [-0.1, -0.05) is 15.9 Å². The molecular weight excluding hydrogens is 287 g/mol. The first kappa shape index (κ1) is 11.9. The zero-order valence-electron chi connectivity index (χ0n) is 8.86. The van der Waals surface area contributed by atoms with Gasteiger partial charge in [-0.15, -0.1) is 0 Å². The Kier molecular flexibility index (Phi) is 3.58. The topological polar surface area (TPSA) is 48.1 Å². The standard InChI is InChI=1S/C12H10BrFN2O/c13-9-4-10(14)6-11(5-9)17-7-8-1-2-16-12(15)3-8/h1-6H,7H2,(H2,15,16). The van der Waals surface area contributed by atoms with Crippen molar-refractivity contribution in [2.45, 2.75) is 6.61 Å². The van der Waals surface area contributed by atoms with Crippen LogP contribution in [-0.4, -0.2) is 4.98 Å². The van der Waals surface area contributed by atoms with E-state index in [0.717, 1.165) is 5.56 Å². The monoisotopic (exact) mass is 296 g/mol. The van der Waals surface area contributed by atoms with Gasteiger partial charge >= 0.3 is 0 Å². The summed E-state index contributed by atoms with van der Waals surface area (Å²) in [4.78, 5) is 3.88. The molecule has 88 valence electrons. The highest BCUT2D eigenvalue weighted by molar-refractivity contribution is 9.10. The summed E-state index contributed by atoms with van der Waals surface area (Å²) < 4.78 is 19.2. The summed E-state index contributed by atoms with van der Waals surface area (Å²) in [6.45, 7) is 0.322. The second-order valence-corrected chi connectivity index (χ2v) is 4.40. The number of anilines is 1. The molecule has 0 amide bonds. The van der Waals surface area contributed by atoms with Gasteiger partial charge < -0.3 is 10.5 Å². The highest BCUT2D eigenvalue weighted by Gasteiger charge is 2.01. The van der Waals surface area contributed by atoms with Crippen LogP contribution < -0.4 is 10.5 Å². The van der Waals surface area contributed by atoms with Gasteiger partial charge in [-0.05, 0) is 29.8 Å². The third-order valence-corrected chi connectivity index (χ3v) is 2.54. The van der Waals surface area contributed by atoms with Crippen molar-refractivity contribution in [1.29, 1.82) is 0 Å². The number of hydrogen-bond donors (Lipinski definition) is 1. The van der Waals surface area contributed by atoms with Crippen LogP contribution in [-0.2, 0) is 6.61 Å². The summed E-state index contributed by atoms with van der Waals surface area (Å²) in [6, 6.07) is 7.92. The van der Waals surface area contributed by atoms with E-state index in [4.69, 9.17) is 10.5 Å². The van der Waals surface area contributed by atoms with Gasteiger partial charge in [0.2, 0.25) is 0 Å². The predicted molar refractivity (Wildman–Crippen MR) is 67.1 cm³/mol. The zero-order chi connectivity index (χ0) is 12.3. The molecule has 2 N–H and O–H groups in total. The van der Waals surface area contributed by atoms with Gasteiger partial charge in [0.25, 0.3) is 0 Å². The lowest BCUT2D eigenvalue weighted by Crippen LogP contribution is -1.98. The van der Waals surface area contributed by atoms with Crippen LogP contribution in [0.5, 0.6) is 5.75 Å². The maximum Gasteiger partial charge on any atom is 0.128 e. The van der Waals surface area contributed by atoms with Gasteiger partial charge in [0.05, 0.1) is 0 Å². The van der Waals surface area contributed by atoms with E-state index in [-0.39, 0.29) is 5.82 Å². The first-order valence-electron chi connectivity index (χ1n) is 4.93. The molecule has 1 aromatic heterocycles. The molecule has 5 heteroatoms. The summed E-state index contributed by atoms with van der Waals surface area (Å²) in [6.07, 6.45) is 1.61. The molecule has 0 atom stereocenters. The summed E-state index contributed by atoms with van der Waals surface area (Å²) in [7, 11) is 0. The van der Waals surface area contributed by atoms with E-state index in [0.29, 0.717) is 22.6 Å². The number of nitrogen functional groups attached to an aromatic ring is 1. The molecule has 17 heavy (non-hydrogen) atoms. The third kappa shape index (κ3) is 3.42. The van der Waals surface area contributed by atoms with E-state index >= 15 is 0 Å². The molecule has 0 bridgehead atoms. The van der Waals surface area contributed by atoms with Crippen molar-refractivity contribution in [3.63, 3.8) is 0 Å². The number of benzene rings is 1. The van der Waals surface area contributed by atoms with Crippen LogP contribution in [0.3, 0.4) is 0 Å². The Balaban J connectivity index is 2.07. The Hall–Kier alpha value is -1.62. The molecule has 0 saturated carbocycles. The second kappa shape index (κ2) is 5.14. The molecule has 2 rings (SSSR count). The fourth-order valence-electron chi connectivity index (χ4n) is 1.36. The minimum atomic E-state index is -0.344. The average molecular weight is 297 g/mol. The molecule has 3 nitrogen and oxygen atoms in total. The van der Waals surface area contributed by atoms with E-state index in [1.54, 1.807) is 24.4 Å². The van der Waals surface area contributed by atoms with E-state index in [1.165, 1.54) is 12.1 Å². The van der Waals surface area contributed by atoms with Crippen LogP contribution in [0, 0.1) is 5.82 Å². The van der Waals surface area contributed by atoms with Crippen LogP contribution in [0.2, 0.25) is 0 Å². The van der Waals surface area contributed by atoms with Gasteiger partial charge in [-0.25, -0.2) is 9.37 Å². The highest BCUT2D eigenvalue weighted by atomic mass is 79.9. The van der Waals surface area contributed by atoms with Crippen LogP contribution in [0.15, 0.2) is 41.0 Å². The van der Waals surface area contributed by atoms with E-state index in [2.05, 4.69) is 20.9 Å². The number of nitrogens with two attached hydrogens (primary N) is 1. The fraction of sp³-hybridized carbons (Fsp3) is 0.0833. The summed E-state index contributed by atoms with van der Waals surface area (Å²) in [5.74, 6) is 0.558. The first-order chi connectivity index (χ1) is 8.13. The Morgan fingerprint density at radius 2 is 2.12 bits per heavy atom. The van der Waals surface area contributed by atoms with Crippen molar-refractivity contribution in [3.8, 4) is 5.75 Å². The van der Waals surface area contributed by atoms with Gasteiger partial charge in [0.1, 0.15) is 24.0 Å². The predicted octanol–water partition coefficient (Wildman–Crippen LogP) is 3.14. The SMILES string of the molecule is Nc1cc(COc2cc(F)cc(Br)c2)ccn1. The maximum absolute atomic E-state index is 13.1. The molecule has 0 spiro atoms. The number of nitrogens with zero attached hydrogens (tertiary/aromatic N) is 1. The lowest BCUT2D eigenvalue weighted by molar-refractivity contribution is 0.304. The molecular formula is C12H10BrFN2O. The molecule has 0 aliphatic rings. The summed E-state index contributed by atoms with van der Waals surface area (Å²) in [5.41, 5.74) is 6.43. The average Bonchev–Trinajstić information content (AvgIpc) is 2.25. The Bertz CT molecular complexity index is 513. The van der Waals surface area contributed by atoms with Crippen LogP contribution in [0.25, 0.3) is 0 Å². The fourth-order valence-corrected chi connectivity index (χ4v) is 1.81. The Labute approximate surface area is 107 Å². The van der Waals surface area contributed by atoms with Gasteiger partial charge in [-0.2, -0.15) is 0 Å². The van der Waals surface area contributed by atoms with Crippen molar-refractivity contribution < 1.29 is 9.13 Å². The van der Waals surface area contributed by atoms with Gasteiger partial charge in [-0.3, -0.25) is 0 Å². The summed E-state index contributed by atoms with van der Waals surface area (Å²) >= 11 is 3.20. The molecule has 1 aromatic carbocycles.